The van der Waals surface area contributed by atoms with E-state index >= 15 is 0 Å². The van der Waals surface area contributed by atoms with Crippen molar-refractivity contribution in [1.82, 2.24) is 21.0 Å². The average Bonchev–Trinajstić information content (AvgIpc) is 3.37. The topological polar surface area (TPSA) is 112 Å². The van der Waals surface area contributed by atoms with Gasteiger partial charge in [0.05, 0.1) is 22.8 Å². The fourth-order valence-electron chi connectivity index (χ4n) is 7.11. The van der Waals surface area contributed by atoms with Crippen LogP contribution in [0.2, 0.25) is 5.02 Å². The Hall–Kier alpha value is -1.98. The molecule has 222 valence electrons. The SMILES string of the molecule is CC1NOC(C(=O)NC23CCC(NC(=O)COc4ccc(Cl)c(F)c4)(CC2)[C@@H](O)C3)N1C1CCCCCCCC1. The van der Waals surface area contributed by atoms with Crippen LogP contribution in [0.15, 0.2) is 18.2 Å². The minimum atomic E-state index is -0.820. The molecular formula is C29H42ClFN4O5. The first kappa shape index (κ1) is 29.5. The smallest absolute Gasteiger partial charge is 0.267 e. The summed E-state index contributed by atoms with van der Waals surface area (Å²) in [5.74, 6) is -0.988. The minimum absolute atomic E-state index is 0.0213. The number of fused-ring (bicyclic) bond motifs is 3. The molecule has 6 rings (SSSR count). The van der Waals surface area contributed by atoms with Gasteiger partial charge in [-0.3, -0.25) is 14.4 Å². The lowest BCUT2D eigenvalue weighted by atomic mass is 9.60. The summed E-state index contributed by atoms with van der Waals surface area (Å²) in [6.07, 6.45) is 10.6. The summed E-state index contributed by atoms with van der Waals surface area (Å²) in [4.78, 5) is 34.3. The Morgan fingerprint density at radius 1 is 1.12 bits per heavy atom. The molecule has 2 amide bonds. The van der Waals surface area contributed by atoms with E-state index in [9.17, 15) is 19.1 Å². The van der Waals surface area contributed by atoms with Gasteiger partial charge in [0.25, 0.3) is 11.8 Å². The second-order valence-corrected chi connectivity index (χ2v) is 12.5. The number of nitrogens with zero attached hydrogens (tertiary/aromatic N) is 1. The minimum Gasteiger partial charge on any atom is -0.484 e. The third-order valence-electron chi connectivity index (χ3n) is 9.40. The molecule has 0 spiro atoms. The number of hydrogen-bond donors (Lipinski definition) is 4. The second kappa shape index (κ2) is 12.5. The number of halogens is 2. The Kier molecular flexibility index (Phi) is 9.21. The lowest BCUT2D eigenvalue weighted by molar-refractivity contribution is -0.149. The lowest BCUT2D eigenvalue weighted by Crippen LogP contribution is -2.71. The number of benzene rings is 1. The summed E-state index contributed by atoms with van der Waals surface area (Å²) in [6.45, 7) is 1.73. The first-order chi connectivity index (χ1) is 19.2. The Balaban J connectivity index is 1.17. The van der Waals surface area contributed by atoms with Gasteiger partial charge in [0, 0.05) is 17.6 Å². The van der Waals surface area contributed by atoms with Crippen LogP contribution >= 0.6 is 11.6 Å². The van der Waals surface area contributed by atoms with Gasteiger partial charge in [-0.1, -0.05) is 50.1 Å². The zero-order chi connectivity index (χ0) is 28.3. The molecule has 0 aromatic heterocycles. The molecule has 2 bridgehead atoms. The van der Waals surface area contributed by atoms with Gasteiger partial charge in [0.1, 0.15) is 11.6 Å². The molecule has 5 fully saturated rings. The summed E-state index contributed by atoms with van der Waals surface area (Å²) in [6, 6.07) is 4.28. The van der Waals surface area contributed by atoms with Gasteiger partial charge < -0.3 is 20.5 Å². The van der Waals surface area contributed by atoms with Gasteiger partial charge in [-0.15, -0.1) is 0 Å². The number of aliphatic hydroxyl groups excluding tert-OH is 1. The zero-order valence-electron chi connectivity index (χ0n) is 23.2. The molecule has 2 unspecified atom stereocenters. The summed E-state index contributed by atoms with van der Waals surface area (Å²) < 4.78 is 19.1. The molecule has 1 aliphatic heterocycles. The van der Waals surface area contributed by atoms with Crippen LogP contribution in [-0.2, 0) is 14.4 Å². The highest BCUT2D eigenvalue weighted by Gasteiger charge is 2.56. The molecule has 1 heterocycles. The Morgan fingerprint density at radius 2 is 1.80 bits per heavy atom. The highest BCUT2D eigenvalue weighted by molar-refractivity contribution is 6.30. The van der Waals surface area contributed by atoms with E-state index in [1.165, 1.54) is 37.8 Å². The van der Waals surface area contributed by atoms with Gasteiger partial charge in [0.2, 0.25) is 6.23 Å². The van der Waals surface area contributed by atoms with Gasteiger partial charge in [-0.05, 0) is 64.0 Å². The number of nitrogens with one attached hydrogen (secondary N) is 3. The van der Waals surface area contributed by atoms with Crippen LogP contribution in [0, 0.1) is 5.82 Å². The second-order valence-electron chi connectivity index (χ2n) is 12.1. The summed E-state index contributed by atoms with van der Waals surface area (Å²) >= 11 is 5.70. The van der Waals surface area contributed by atoms with Crippen LogP contribution in [-0.4, -0.2) is 64.0 Å². The monoisotopic (exact) mass is 580 g/mol. The first-order valence-corrected chi connectivity index (χ1v) is 15.2. The Labute approximate surface area is 240 Å². The molecule has 4 N–H and O–H groups in total. The molecule has 5 aliphatic rings. The van der Waals surface area contributed by atoms with E-state index in [1.54, 1.807) is 0 Å². The van der Waals surface area contributed by atoms with E-state index in [0.29, 0.717) is 32.1 Å². The maximum atomic E-state index is 13.7. The molecule has 4 aliphatic carbocycles. The van der Waals surface area contributed by atoms with Crippen molar-refractivity contribution in [3.63, 3.8) is 0 Å². The van der Waals surface area contributed by atoms with Crippen molar-refractivity contribution in [3.8, 4) is 5.75 Å². The van der Waals surface area contributed by atoms with Crippen molar-refractivity contribution in [3.05, 3.63) is 29.0 Å². The summed E-state index contributed by atoms with van der Waals surface area (Å²) in [7, 11) is 0. The van der Waals surface area contributed by atoms with E-state index in [4.69, 9.17) is 21.2 Å². The predicted molar refractivity (Wildman–Crippen MR) is 148 cm³/mol. The molecule has 1 saturated heterocycles. The molecular weight excluding hydrogens is 539 g/mol. The fourth-order valence-corrected chi connectivity index (χ4v) is 7.23. The average molecular weight is 581 g/mol. The number of hydroxylamine groups is 1. The standard InChI is InChI=1S/C29H42ClFN4O5/c1-19-34-40-27(35(19)20-8-6-4-2-3-5-7-9-20)26(38)33-28-12-14-29(15-13-28,24(36)17-28)32-25(37)18-39-21-10-11-22(30)23(31)16-21/h10-11,16,19-20,24,27,34,36H,2-9,12-15,17-18H2,1H3,(H,32,37)(H,33,38)/t19?,24-,27?,28?,29?/m0/s1. The van der Waals surface area contributed by atoms with Gasteiger partial charge in [-0.2, -0.15) is 5.48 Å². The number of carbonyl (C=O) groups excluding carboxylic acids is 2. The van der Waals surface area contributed by atoms with Crippen LogP contribution in [0.1, 0.15) is 90.4 Å². The van der Waals surface area contributed by atoms with E-state index in [-0.39, 0.29) is 35.5 Å². The highest BCUT2D eigenvalue weighted by Crippen LogP contribution is 2.47. The summed E-state index contributed by atoms with van der Waals surface area (Å²) in [5, 5.41) is 17.4. The third kappa shape index (κ3) is 6.41. The van der Waals surface area contributed by atoms with Crippen LogP contribution in [0.25, 0.3) is 0 Å². The first-order valence-electron chi connectivity index (χ1n) is 14.8. The highest BCUT2D eigenvalue weighted by atomic mass is 35.5. The van der Waals surface area contributed by atoms with Crippen molar-refractivity contribution in [2.24, 2.45) is 0 Å². The zero-order valence-corrected chi connectivity index (χ0v) is 24.0. The van der Waals surface area contributed by atoms with Crippen LogP contribution in [0.4, 0.5) is 4.39 Å². The van der Waals surface area contributed by atoms with Crippen LogP contribution in [0.3, 0.4) is 0 Å². The largest absolute Gasteiger partial charge is 0.484 e. The van der Waals surface area contributed by atoms with Gasteiger partial charge in [-0.25, -0.2) is 9.29 Å². The maximum Gasteiger partial charge on any atom is 0.267 e. The maximum absolute atomic E-state index is 13.7. The number of amides is 2. The Bertz CT molecular complexity index is 1060. The van der Waals surface area contributed by atoms with Crippen LogP contribution < -0.4 is 20.9 Å². The molecule has 9 nitrogen and oxygen atoms in total. The predicted octanol–water partition coefficient (Wildman–Crippen LogP) is 3.92. The molecule has 1 aromatic rings. The number of ether oxygens (including phenoxy) is 1. The number of rotatable bonds is 7. The van der Waals surface area contributed by atoms with E-state index in [1.807, 2.05) is 6.92 Å². The van der Waals surface area contributed by atoms with E-state index in [0.717, 1.165) is 31.7 Å². The van der Waals surface area contributed by atoms with Crippen LogP contribution in [0.5, 0.6) is 5.75 Å². The third-order valence-corrected chi connectivity index (χ3v) is 9.70. The fraction of sp³-hybridized carbons (Fsp3) is 0.724. The lowest BCUT2D eigenvalue weighted by Gasteiger charge is -2.56. The number of aliphatic hydroxyl groups is 1. The number of carbonyl (C=O) groups is 2. The molecule has 40 heavy (non-hydrogen) atoms. The molecule has 0 radical (unpaired) electrons. The van der Waals surface area contributed by atoms with E-state index < -0.39 is 35.1 Å². The molecule has 3 atom stereocenters. The molecule has 11 heteroatoms. The molecule has 1 aromatic carbocycles. The van der Waals surface area contributed by atoms with Gasteiger partial charge >= 0.3 is 0 Å². The van der Waals surface area contributed by atoms with Crippen molar-refractivity contribution >= 4 is 23.4 Å². The summed E-state index contributed by atoms with van der Waals surface area (Å²) in [5.41, 5.74) is 1.70. The van der Waals surface area contributed by atoms with Gasteiger partial charge in [0.15, 0.2) is 6.61 Å². The quantitative estimate of drug-likeness (QED) is 0.387. The normalized spacial score (nSPS) is 33.5. The van der Waals surface area contributed by atoms with Crippen molar-refractivity contribution in [2.75, 3.05) is 6.61 Å². The van der Waals surface area contributed by atoms with Crippen molar-refractivity contribution in [2.45, 2.75) is 126 Å². The Morgan fingerprint density at radius 3 is 2.45 bits per heavy atom. The number of hydrogen-bond acceptors (Lipinski definition) is 7. The van der Waals surface area contributed by atoms with Crippen molar-refractivity contribution in [1.29, 1.82) is 0 Å². The molecule has 4 saturated carbocycles. The van der Waals surface area contributed by atoms with E-state index in [2.05, 4.69) is 21.0 Å². The van der Waals surface area contributed by atoms with Crippen molar-refractivity contribution < 1.29 is 28.7 Å².